The highest BCUT2D eigenvalue weighted by molar-refractivity contribution is 6.03. The van der Waals surface area contributed by atoms with Crippen LogP contribution in [0.1, 0.15) is 86.5 Å². The fourth-order valence-electron chi connectivity index (χ4n) is 6.58. The van der Waals surface area contributed by atoms with Gasteiger partial charge in [0.2, 0.25) is 0 Å². The topological polar surface area (TPSA) is 94.0 Å². The van der Waals surface area contributed by atoms with Crippen molar-refractivity contribution in [2.45, 2.75) is 76.8 Å². The maximum absolute atomic E-state index is 13.5. The van der Waals surface area contributed by atoms with Crippen LogP contribution in [0.5, 0.6) is 5.75 Å². The van der Waals surface area contributed by atoms with Crippen LogP contribution in [0.15, 0.2) is 36.7 Å². The van der Waals surface area contributed by atoms with Crippen LogP contribution in [0.25, 0.3) is 0 Å². The Balaban J connectivity index is 1.27. The van der Waals surface area contributed by atoms with Crippen LogP contribution in [0.3, 0.4) is 0 Å². The van der Waals surface area contributed by atoms with E-state index in [-0.39, 0.29) is 16.7 Å². The number of aryl methyl sites for hydroxylation is 1. The summed E-state index contributed by atoms with van der Waals surface area (Å²) in [5, 5.41) is 15.4. The number of aromatic nitrogens is 4. The van der Waals surface area contributed by atoms with E-state index in [0.717, 1.165) is 52.8 Å². The zero-order valence-electron chi connectivity index (χ0n) is 23.0. The number of amides is 1. The fraction of sp³-hybridized carbons (Fsp3) is 0.533. The predicted octanol–water partition coefficient (Wildman–Crippen LogP) is 4.74. The first kappa shape index (κ1) is 25.0. The number of fused-ring (bicyclic) bond motifs is 1. The normalized spacial score (nSPS) is 27.1. The van der Waals surface area contributed by atoms with Gasteiger partial charge in [0.1, 0.15) is 23.6 Å². The Morgan fingerprint density at radius 1 is 1.16 bits per heavy atom. The molecular formula is C30H38N6O2. The minimum absolute atomic E-state index is 0.184. The van der Waals surface area contributed by atoms with Gasteiger partial charge in [-0.1, -0.05) is 39.8 Å². The quantitative estimate of drug-likeness (QED) is 0.473. The molecule has 3 aliphatic rings. The molecule has 0 radical (unpaired) electrons. The molecule has 1 amide bonds. The van der Waals surface area contributed by atoms with Crippen LogP contribution in [0.4, 0.5) is 5.69 Å². The number of pyridine rings is 1. The molecule has 0 saturated heterocycles. The molecule has 0 atom stereocenters. The number of rotatable bonds is 7. The predicted molar refractivity (Wildman–Crippen MR) is 146 cm³/mol. The largest absolute Gasteiger partial charge is 0.490 e. The highest BCUT2D eigenvalue weighted by atomic mass is 16.5. The van der Waals surface area contributed by atoms with E-state index in [9.17, 15) is 4.79 Å². The number of anilines is 1. The molecule has 2 aromatic heterocycles. The lowest BCUT2D eigenvalue weighted by Crippen LogP contribution is -2.43. The number of nitrogens with zero attached hydrogens (tertiary/aromatic N) is 4. The average molecular weight is 515 g/mol. The van der Waals surface area contributed by atoms with E-state index in [1.54, 1.807) is 6.33 Å². The number of carbonyl (C=O) groups excluding carboxylic acids is 1. The molecule has 1 aliphatic heterocycles. The molecule has 2 saturated carbocycles. The molecule has 2 fully saturated rings. The standard InChI is InChI=1S/C30H38N6O2/c1-18-9-23(10-18)31-15-20-11-24(34-26-25(20)38-16-29(26,3)4)27(37)33-22-8-6-7-21(12-22)30(13-19(2)14-30)28-35-32-17-36(28)5/h6-8,11-12,17-19,23,31H,9-10,13-16H2,1-5H3,(H,33,37). The van der Waals surface area contributed by atoms with Crippen LogP contribution in [-0.2, 0) is 24.4 Å². The molecule has 2 N–H and O–H groups in total. The van der Waals surface area contributed by atoms with E-state index in [4.69, 9.17) is 9.72 Å². The molecule has 0 unspecified atom stereocenters. The van der Waals surface area contributed by atoms with Crippen molar-refractivity contribution >= 4 is 11.6 Å². The lowest BCUT2D eigenvalue weighted by molar-refractivity contribution is 0.102. The summed E-state index contributed by atoms with van der Waals surface area (Å²) in [7, 11) is 1.99. The van der Waals surface area contributed by atoms with Crippen molar-refractivity contribution in [3.8, 4) is 5.75 Å². The van der Waals surface area contributed by atoms with E-state index >= 15 is 0 Å². The maximum Gasteiger partial charge on any atom is 0.274 e. The Morgan fingerprint density at radius 2 is 1.95 bits per heavy atom. The highest BCUT2D eigenvalue weighted by Crippen LogP contribution is 2.51. The Morgan fingerprint density at radius 3 is 2.63 bits per heavy atom. The summed E-state index contributed by atoms with van der Waals surface area (Å²) >= 11 is 0. The van der Waals surface area contributed by atoms with Crippen molar-refractivity contribution in [3.63, 3.8) is 0 Å². The van der Waals surface area contributed by atoms with Crippen molar-refractivity contribution in [1.82, 2.24) is 25.1 Å². The van der Waals surface area contributed by atoms with Crippen molar-refractivity contribution in [1.29, 1.82) is 0 Å². The second kappa shape index (κ2) is 9.19. The van der Waals surface area contributed by atoms with Gasteiger partial charge in [-0.2, -0.15) is 0 Å². The van der Waals surface area contributed by atoms with E-state index in [1.807, 2.05) is 29.8 Å². The lowest BCUT2D eigenvalue weighted by Gasteiger charge is -2.46. The van der Waals surface area contributed by atoms with Crippen LogP contribution < -0.4 is 15.4 Å². The van der Waals surface area contributed by atoms with E-state index in [2.05, 4.69) is 60.7 Å². The van der Waals surface area contributed by atoms with Crippen molar-refractivity contribution in [2.75, 3.05) is 11.9 Å². The van der Waals surface area contributed by atoms with Crippen molar-refractivity contribution in [3.05, 3.63) is 65.0 Å². The summed E-state index contributed by atoms with van der Waals surface area (Å²) in [5.74, 6) is 2.98. The zero-order valence-corrected chi connectivity index (χ0v) is 23.0. The molecule has 200 valence electrons. The fourth-order valence-corrected chi connectivity index (χ4v) is 6.58. The first-order valence-electron chi connectivity index (χ1n) is 13.8. The van der Waals surface area contributed by atoms with E-state index in [1.165, 1.54) is 12.8 Å². The molecule has 8 nitrogen and oxygen atoms in total. The van der Waals surface area contributed by atoms with Gasteiger partial charge in [-0.25, -0.2) is 4.98 Å². The number of hydrogen-bond acceptors (Lipinski definition) is 6. The van der Waals surface area contributed by atoms with Crippen molar-refractivity contribution in [2.24, 2.45) is 18.9 Å². The van der Waals surface area contributed by atoms with Crippen molar-refractivity contribution < 1.29 is 9.53 Å². The van der Waals surface area contributed by atoms with Crippen LogP contribution >= 0.6 is 0 Å². The molecule has 2 aliphatic carbocycles. The number of carbonyl (C=O) groups is 1. The van der Waals surface area contributed by atoms with E-state index in [0.29, 0.717) is 30.8 Å². The SMILES string of the molecule is CC1CC(NCc2cc(C(=O)Nc3cccc(C4(c5nncn5C)CC(C)C4)c3)nc3c2OCC3(C)C)C1. The lowest BCUT2D eigenvalue weighted by atomic mass is 9.58. The number of hydrogen-bond donors (Lipinski definition) is 2. The smallest absolute Gasteiger partial charge is 0.274 e. The minimum Gasteiger partial charge on any atom is -0.490 e. The van der Waals surface area contributed by atoms with Crippen LogP contribution in [0.2, 0.25) is 0 Å². The van der Waals surface area contributed by atoms with Gasteiger partial charge >= 0.3 is 0 Å². The van der Waals surface area contributed by atoms with Gasteiger partial charge in [0.25, 0.3) is 5.91 Å². The summed E-state index contributed by atoms with van der Waals surface area (Å²) < 4.78 is 8.09. The van der Waals surface area contributed by atoms with Gasteiger partial charge in [-0.05, 0) is 61.3 Å². The van der Waals surface area contributed by atoms with Gasteiger partial charge in [-0.15, -0.1) is 10.2 Å². The molecule has 1 aromatic carbocycles. The Hall–Kier alpha value is -3.26. The van der Waals surface area contributed by atoms with Crippen LogP contribution in [-0.4, -0.2) is 38.3 Å². The molecule has 3 heterocycles. The molecular weight excluding hydrogens is 476 g/mol. The Kier molecular flexibility index (Phi) is 6.05. The second-order valence-corrected chi connectivity index (χ2v) is 12.6. The third-order valence-corrected chi connectivity index (χ3v) is 8.66. The number of benzene rings is 1. The summed E-state index contributed by atoms with van der Waals surface area (Å²) in [6.45, 7) is 10.0. The van der Waals surface area contributed by atoms with Crippen LogP contribution in [0, 0.1) is 11.8 Å². The monoisotopic (exact) mass is 514 g/mol. The molecule has 3 aromatic rings. The summed E-state index contributed by atoms with van der Waals surface area (Å²) in [6, 6.07) is 10.6. The number of ether oxygens (including phenoxy) is 1. The van der Waals surface area contributed by atoms with E-state index < -0.39 is 0 Å². The first-order valence-corrected chi connectivity index (χ1v) is 13.8. The third kappa shape index (κ3) is 4.28. The van der Waals surface area contributed by atoms with Gasteiger partial charge in [-0.3, -0.25) is 4.79 Å². The first-order chi connectivity index (χ1) is 18.1. The molecule has 0 bridgehead atoms. The summed E-state index contributed by atoms with van der Waals surface area (Å²) in [5.41, 5.74) is 3.78. The summed E-state index contributed by atoms with van der Waals surface area (Å²) in [6.07, 6.45) is 6.16. The van der Waals surface area contributed by atoms with Gasteiger partial charge in [0.05, 0.1) is 17.7 Å². The molecule has 8 heteroatoms. The third-order valence-electron chi connectivity index (χ3n) is 8.66. The molecule has 38 heavy (non-hydrogen) atoms. The Labute approximate surface area is 224 Å². The average Bonchev–Trinajstić information content (AvgIpc) is 3.41. The van der Waals surface area contributed by atoms with Gasteiger partial charge in [0.15, 0.2) is 0 Å². The second-order valence-electron chi connectivity index (χ2n) is 12.6. The Bertz CT molecular complexity index is 1370. The number of nitrogens with one attached hydrogen (secondary N) is 2. The van der Waals surface area contributed by atoms with Gasteiger partial charge in [0, 0.05) is 36.3 Å². The van der Waals surface area contributed by atoms with Gasteiger partial charge < -0.3 is 19.9 Å². The molecule has 6 rings (SSSR count). The summed E-state index contributed by atoms with van der Waals surface area (Å²) in [4.78, 5) is 18.4. The minimum atomic E-state index is -0.241. The zero-order chi connectivity index (χ0) is 26.7. The highest BCUT2D eigenvalue weighted by Gasteiger charge is 2.48. The molecule has 0 spiro atoms. The maximum atomic E-state index is 13.5.